The summed E-state index contributed by atoms with van der Waals surface area (Å²) in [5.41, 5.74) is 8.10. The van der Waals surface area contributed by atoms with Crippen molar-refractivity contribution in [2.45, 2.75) is 37.8 Å². The fraction of sp³-hybridized carbons (Fsp3) is 0.727. The number of rotatable bonds is 5. The van der Waals surface area contributed by atoms with Gasteiger partial charge in [-0.05, 0) is 19.3 Å². The second-order valence-corrected chi connectivity index (χ2v) is 4.38. The van der Waals surface area contributed by atoms with Gasteiger partial charge in [0.2, 0.25) is 5.91 Å². The minimum Gasteiger partial charge on any atom is -0.480 e. The summed E-state index contributed by atoms with van der Waals surface area (Å²) in [6.45, 7) is 0.481. The van der Waals surface area contributed by atoms with Crippen molar-refractivity contribution in [3.63, 3.8) is 0 Å². The van der Waals surface area contributed by atoms with Gasteiger partial charge in [-0.2, -0.15) is 0 Å². The van der Waals surface area contributed by atoms with E-state index in [0.29, 0.717) is 19.4 Å². The van der Waals surface area contributed by atoms with Crippen LogP contribution in [0.1, 0.15) is 25.7 Å². The van der Waals surface area contributed by atoms with E-state index in [9.17, 15) is 14.4 Å². The van der Waals surface area contributed by atoms with E-state index < -0.39 is 24.0 Å². The molecule has 8 heteroatoms. The van der Waals surface area contributed by atoms with Crippen molar-refractivity contribution < 1.29 is 24.2 Å². The number of carboxylic acids is 1. The highest BCUT2D eigenvalue weighted by molar-refractivity contribution is 5.80. The third kappa shape index (κ3) is 4.49. The molecule has 1 unspecified atom stereocenters. The summed E-state index contributed by atoms with van der Waals surface area (Å²) < 4.78 is 4.61. The largest absolute Gasteiger partial charge is 0.480 e. The van der Waals surface area contributed by atoms with Gasteiger partial charge in [0, 0.05) is 13.0 Å². The third-order valence-corrected chi connectivity index (χ3v) is 2.96. The van der Waals surface area contributed by atoms with Gasteiger partial charge in [0.05, 0.1) is 7.11 Å². The number of nitrogens with two attached hydrogens (primary N) is 1. The Labute approximate surface area is 110 Å². The van der Waals surface area contributed by atoms with Crippen LogP contribution >= 0.6 is 0 Å². The number of carbonyl (C=O) groups is 3. The predicted octanol–water partition coefficient (Wildman–Crippen LogP) is -1.15. The second-order valence-electron chi connectivity index (χ2n) is 4.38. The summed E-state index contributed by atoms with van der Waals surface area (Å²) in [5.74, 6) is -1.82. The van der Waals surface area contributed by atoms with Crippen LogP contribution in [0.25, 0.3) is 0 Å². The van der Waals surface area contributed by atoms with Crippen LogP contribution < -0.4 is 11.2 Å². The number of carboxylic acid groups (broad SMARTS) is 1. The molecule has 0 aromatic carbocycles. The molecule has 8 nitrogen and oxygen atoms in total. The van der Waals surface area contributed by atoms with Crippen LogP contribution in [0.3, 0.4) is 0 Å². The lowest BCUT2D eigenvalue weighted by Gasteiger charge is -2.32. The van der Waals surface area contributed by atoms with Gasteiger partial charge in [-0.15, -0.1) is 0 Å². The molecule has 4 N–H and O–H groups in total. The van der Waals surface area contributed by atoms with Crippen molar-refractivity contribution in [3.8, 4) is 0 Å². The standard InChI is InChI=1S/C11H19N3O5/c1-19-11(18)8-3-2-6-14(13-8)9(15)5-4-7(12)10(16)17/h7-8,13H,2-6,12H2,1H3,(H,16,17)/t7-,8?/m0/s1. The fourth-order valence-electron chi connectivity index (χ4n) is 1.82. The molecule has 0 aromatic rings. The number of methoxy groups -OCH3 is 1. The van der Waals surface area contributed by atoms with Crippen LogP contribution in [-0.2, 0) is 19.1 Å². The Morgan fingerprint density at radius 1 is 1.53 bits per heavy atom. The van der Waals surface area contributed by atoms with Gasteiger partial charge in [0.25, 0.3) is 0 Å². The number of ether oxygens (including phenoxy) is 1. The fourth-order valence-corrected chi connectivity index (χ4v) is 1.82. The van der Waals surface area contributed by atoms with Gasteiger partial charge >= 0.3 is 11.9 Å². The van der Waals surface area contributed by atoms with Crippen LogP contribution in [0.15, 0.2) is 0 Å². The summed E-state index contributed by atoms with van der Waals surface area (Å²) in [6, 6.07) is -1.58. The van der Waals surface area contributed by atoms with Crippen LogP contribution in [0, 0.1) is 0 Å². The number of hydrogen-bond donors (Lipinski definition) is 3. The zero-order valence-electron chi connectivity index (χ0n) is 10.8. The maximum absolute atomic E-state index is 11.8. The molecule has 1 aliphatic rings. The molecule has 0 aliphatic carbocycles. The smallest absolute Gasteiger partial charge is 0.324 e. The number of nitrogens with one attached hydrogen (secondary N) is 1. The number of nitrogens with zero attached hydrogens (tertiary/aromatic N) is 1. The molecule has 1 amide bonds. The topological polar surface area (TPSA) is 122 Å². The molecule has 0 aromatic heterocycles. The second kappa shape index (κ2) is 7.05. The first kappa shape index (κ1) is 15.4. The van der Waals surface area contributed by atoms with E-state index in [0.717, 1.165) is 0 Å². The Balaban J connectivity index is 2.44. The first-order chi connectivity index (χ1) is 8.95. The Morgan fingerprint density at radius 3 is 2.79 bits per heavy atom. The summed E-state index contributed by atoms with van der Waals surface area (Å²) in [6.07, 6.45) is 1.37. The first-order valence-corrected chi connectivity index (χ1v) is 6.08. The summed E-state index contributed by atoms with van der Waals surface area (Å²) >= 11 is 0. The number of amides is 1. The van der Waals surface area contributed by atoms with E-state index in [1.54, 1.807) is 0 Å². The van der Waals surface area contributed by atoms with Crippen LogP contribution in [0.5, 0.6) is 0 Å². The quantitative estimate of drug-likeness (QED) is 0.540. The predicted molar refractivity (Wildman–Crippen MR) is 64.7 cm³/mol. The normalized spacial score (nSPS) is 20.7. The number of esters is 1. The van der Waals surface area contributed by atoms with E-state index in [-0.39, 0.29) is 18.7 Å². The summed E-state index contributed by atoms with van der Waals surface area (Å²) in [4.78, 5) is 33.8. The van der Waals surface area contributed by atoms with Crippen molar-refractivity contribution in [2.75, 3.05) is 13.7 Å². The molecule has 2 atom stereocenters. The van der Waals surface area contributed by atoms with Crippen molar-refractivity contribution >= 4 is 17.8 Å². The van der Waals surface area contributed by atoms with Crippen molar-refractivity contribution in [1.29, 1.82) is 0 Å². The van der Waals surface area contributed by atoms with Crippen molar-refractivity contribution in [1.82, 2.24) is 10.4 Å². The Kier molecular flexibility index (Phi) is 5.71. The van der Waals surface area contributed by atoms with E-state index in [1.165, 1.54) is 12.1 Å². The molecule has 1 fully saturated rings. The average Bonchev–Trinajstić information content (AvgIpc) is 2.43. The zero-order valence-corrected chi connectivity index (χ0v) is 10.8. The SMILES string of the molecule is COC(=O)C1CCCN(C(=O)CC[C@H](N)C(=O)O)N1. The number of hydrazine groups is 1. The molecule has 19 heavy (non-hydrogen) atoms. The lowest BCUT2D eigenvalue weighted by atomic mass is 10.1. The van der Waals surface area contributed by atoms with E-state index >= 15 is 0 Å². The highest BCUT2D eigenvalue weighted by Gasteiger charge is 2.28. The lowest BCUT2D eigenvalue weighted by Crippen LogP contribution is -2.55. The van der Waals surface area contributed by atoms with Crippen LogP contribution in [0.4, 0.5) is 0 Å². The number of hydrogen-bond acceptors (Lipinski definition) is 6. The van der Waals surface area contributed by atoms with Gasteiger partial charge in [-0.25, -0.2) is 5.43 Å². The molecule has 1 heterocycles. The van der Waals surface area contributed by atoms with Gasteiger partial charge in [0.1, 0.15) is 12.1 Å². The first-order valence-electron chi connectivity index (χ1n) is 6.08. The van der Waals surface area contributed by atoms with Gasteiger partial charge in [-0.3, -0.25) is 19.4 Å². The Hall–Kier alpha value is -1.67. The molecule has 0 bridgehead atoms. The summed E-state index contributed by atoms with van der Waals surface area (Å²) in [7, 11) is 1.29. The van der Waals surface area contributed by atoms with Gasteiger partial charge in [0.15, 0.2) is 0 Å². The maximum atomic E-state index is 11.8. The zero-order chi connectivity index (χ0) is 14.4. The molecule has 0 saturated carbocycles. The molecule has 1 rings (SSSR count). The molecule has 1 aliphatic heterocycles. The molecular weight excluding hydrogens is 254 g/mol. The van der Waals surface area contributed by atoms with E-state index in [2.05, 4.69) is 10.2 Å². The maximum Gasteiger partial charge on any atom is 0.324 e. The summed E-state index contributed by atoms with van der Waals surface area (Å²) in [5, 5.41) is 9.96. The highest BCUT2D eigenvalue weighted by Crippen LogP contribution is 2.10. The van der Waals surface area contributed by atoms with E-state index in [4.69, 9.17) is 10.8 Å². The highest BCUT2D eigenvalue weighted by atomic mass is 16.5. The molecular formula is C11H19N3O5. The third-order valence-electron chi connectivity index (χ3n) is 2.96. The minimum absolute atomic E-state index is 0.0222. The van der Waals surface area contributed by atoms with E-state index in [1.807, 2.05) is 0 Å². The molecule has 0 radical (unpaired) electrons. The number of carbonyl (C=O) groups excluding carboxylic acids is 2. The average molecular weight is 273 g/mol. The monoisotopic (exact) mass is 273 g/mol. The van der Waals surface area contributed by atoms with Gasteiger partial charge < -0.3 is 15.6 Å². The lowest BCUT2D eigenvalue weighted by molar-refractivity contribution is -0.149. The minimum atomic E-state index is -1.13. The van der Waals surface area contributed by atoms with Gasteiger partial charge in [-0.1, -0.05) is 0 Å². The van der Waals surface area contributed by atoms with Crippen LogP contribution in [-0.4, -0.2) is 53.7 Å². The Morgan fingerprint density at radius 2 is 2.21 bits per heavy atom. The molecule has 0 spiro atoms. The molecule has 108 valence electrons. The Bertz CT molecular complexity index is 360. The van der Waals surface area contributed by atoms with Crippen LogP contribution in [0.2, 0.25) is 0 Å². The van der Waals surface area contributed by atoms with Crippen molar-refractivity contribution in [3.05, 3.63) is 0 Å². The number of aliphatic carboxylic acids is 1. The molecule has 1 saturated heterocycles. The van der Waals surface area contributed by atoms with Crippen molar-refractivity contribution in [2.24, 2.45) is 5.73 Å².